The molecule has 1 N–H and O–H groups in total. The summed E-state index contributed by atoms with van der Waals surface area (Å²) in [6.07, 6.45) is 6.73. The van der Waals surface area contributed by atoms with Gasteiger partial charge in [0.15, 0.2) is 8.32 Å². The minimum atomic E-state index is -1.72. The Labute approximate surface area is 168 Å². The summed E-state index contributed by atoms with van der Waals surface area (Å²) in [5, 5.41) is 10.0. The summed E-state index contributed by atoms with van der Waals surface area (Å²) in [5.74, 6) is 0. The van der Waals surface area contributed by atoms with Crippen molar-refractivity contribution in [3.05, 3.63) is 0 Å². The highest BCUT2D eigenvalue weighted by Crippen LogP contribution is 2.36. The molecule has 0 radical (unpaired) electrons. The van der Waals surface area contributed by atoms with Crippen LogP contribution in [-0.2, 0) is 4.43 Å². The first-order chi connectivity index (χ1) is 12.6. The first kappa shape index (κ1) is 24.4. The summed E-state index contributed by atoms with van der Waals surface area (Å²) in [6, 6.07) is 0.119. The normalized spacial score (nSPS) is 17.3. The van der Waals surface area contributed by atoms with E-state index in [0.717, 1.165) is 58.3 Å². The van der Waals surface area contributed by atoms with Crippen LogP contribution >= 0.6 is 0 Å². The molecule has 1 heterocycles. The smallest absolute Gasteiger partial charge is 0.407 e. The first-order valence-electron chi connectivity index (χ1n) is 10.9. The molecule has 0 spiro atoms. The van der Waals surface area contributed by atoms with Gasteiger partial charge in [-0.3, -0.25) is 0 Å². The van der Waals surface area contributed by atoms with E-state index in [9.17, 15) is 9.90 Å². The lowest BCUT2D eigenvalue weighted by Crippen LogP contribution is -2.44. The standard InChI is InChI=1S/C21H44N2O3Si/c1-7-8-12-19(13-11-18-26-27(5,6)21(2,3)4)23(20(24)25)17-16-22-14-9-10-15-22/h19H,7-18H2,1-6H3,(H,24,25). The third-order valence-electron chi connectivity index (χ3n) is 6.38. The zero-order valence-corrected chi connectivity index (χ0v) is 19.7. The van der Waals surface area contributed by atoms with Gasteiger partial charge in [-0.2, -0.15) is 0 Å². The molecule has 6 heteroatoms. The Morgan fingerprint density at radius 3 is 2.30 bits per heavy atom. The number of rotatable bonds is 12. The van der Waals surface area contributed by atoms with Gasteiger partial charge in [-0.15, -0.1) is 0 Å². The van der Waals surface area contributed by atoms with Gasteiger partial charge >= 0.3 is 6.09 Å². The molecular formula is C21H44N2O3Si. The van der Waals surface area contributed by atoms with Crippen molar-refractivity contribution in [2.24, 2.45) is 0 Å². The number of nitrogens with zero attached hydrogens (tertiary/aromatic N) is 2. The molecule has 1 atom stereocenters. The van der Waals surface area contributed by atoms with Gasteiger partial charge in [0.25, 0.3) is 0 Å². The predicted octanol–water partition coefficient (Wildman–Crippen LogP) is 5.42. The molecule has 5 nitrogen and oxygen atoms in total. The van der Waals surface area contributed by atoms with E-state index in [0.29, 0.717) is 6.54 Å². The maximum atomic E-state index is 11.9. The molecule has 1 amide bonds. The van der Waals surface area contributed by atoms with Crippen molar-refractivity contribution in [2.45, 2.75) is 96.8 Å². The number of carbonyl (C=O) groups is 1. The molecular weight excluding hydrogens is 356 g/mol. The predicted molar refractivity (Wildman–Crippen MR) is 116 cm³/mol. The summed E-state index contributed by atoms with van der Waals surface area (Å²) in [6.45, 7) is 18.0. The van der Waals surface area contributed by atoms with E-state index in [4.69, 9.17) is 4.43 Å². The minimum Gasteiger partial charge on any atom is -0.465 e. The number of unbranched alkanes of at least 4 members (excludes halogenated alkanes) is 1. The Hall–Kier alpha value is -0.593. The molecule has 0 bridgehead atoms. The van der Waals surface area contributed by atoms with Gasteiger partial charge in [0, 0.05) is 25.7 Å². The largest absolute Gasteiger partial charge is 0.465 e. The SMILES string of the molecule is CCCCC(CCCO[Si](C)(C)C(C)(C)C)N(CCN1CCCC1)C(=O)O. The molecule has 160 valence electrons. The second-order valence-corrected chi connectivity index (χ2v) is 14.4. The molecule has 27 heavy (non-hydrogen) atoms. The number of carboxylic acid groups (broad SMARTS) is 1. The number of likely N-dealkylation sites (tertiary alicyclic amines) is 1. The molecule has 0 aromatic heterocycles. The van der Waals surface area contributed by atoms with Crippen LogP contribution in [-0.4, -0.2) is 68.1 Å². The number of hydrogen-bond donors (Lipinski definition) is 1. The van der Waals surface area contributed by atoms with E-state index >= 15 is 0 Å². The zero-order valence-electron chi connectivity index (χ0n) is 18.7. The summed E-state index contributed by atoms with van der Waals surface area (Å²) < 4.78 is 6.29. The fraction of sp³-hybridized carbons (Fsp3) is 0.952. The first-order valence-corrected chi connectivity index (χ1v) is 13.8. The van der Waals surface area contributed by atoms with Crippen molar-refractivity contribution >= 4 is 14.4 Å². The van der Waals surface area contributed by atoms with Crippen LogP contribution in [0.3, 0.4) is 0 Å². The maximum absolute atomic E-state index is 11.9. The average molecular weight is 401 g/mol. The van der Waals surface area contributed by atoms with Crippen LogP contribution in [0.15, 0.2) is 0 Å². The topological polar surface area (TPSA) is 53.0 Å². The number of hydrogen-bond acceptors (Lipinski definition) is 3. The Morgan fingerprint density at radius 2 is 1.78 bits per heavy atom. The molecule has 1 unspecified atom stereocenters. The van der Waals surface area contributed by atoms with Gasteiger partial charge in [-0.25, -0.2) is 4.79 Å². The van der Waals surface area contributed by atoms with E-state index < -0.39 is 14.4 Å². The highest BCUT2D eigenvalue weighted by molar-refractivity contribution is 6.74. The third kappa shape index (κ3) is 8.53. The monoisotopic (exact) mass is 400 g/mol. The molecule has 1 rings (SSSR count). The molecule has 0 saturated carbocycles. The van der Waals surface area contributed by atoms with Crippen LogP contribution in [0.2, 0.25) is 18.1 Å². The fourth-order valence-corrected chi connectivity index (χ4v) is 4.54. The van der Waals surface area contributed by atoms with Gasteiger partial charge in [0.05, 0.1) is 0 Å². The molecule has 1 aliphatic heterocycles. The summed E-state index contributed by atoms with van der Waals surface area (Å²) in [7, 11) is -1.72. The maximum Gasteiger partial charge on any atom is 0.407 e. The van der Waals surface area contributed by atoms with Gasteiger partial charge in [-0.05, 0) is 63.3 Å². The average Bonchev–Trinajstić information content (AvgIpc) is 3.07. The Balaban J connectivity index is 2.55. The van der Waals surface area contributed by atoms with Gasteiger partial charge in [0.2, 0.25) is 0 Å². The van der Waals surface area contributed by atoms with Gasteiger partial charge < -0.3 is 19.3 Å². The van der Waals surface area contributed by atoms with Crippen LogP contribution in [0.1, 0.15) is 72.6 Å². The highest BCUT2D eigenvalue weighted by Gasteiger charge is 2.37. The lowest BCUT2D eigenvalue weighted by molar-refractivity contribution is 0.107. The van der Waals surface area contributed by atoms with E-state index in [1.54, 1.807) is 4.90 Å². The van der Waals surface area contributed by atoms with Crippen LogP contribution in [0.5, 0.6) is 0 Å². The Morgan fingerprint density at radius 1 is 1.19 bits per heavy atom. The summed E-state index contributed by atoms with van der Waals surface area (Å²) in [5.41, 5.74) is 0. The summed E-state index contributed by atoms with van der Waals surface area (Å²) in [4.78, 5) is 16.0. The third-order valence-corrected chi connectivity index (χ3v) is 10.9. The molecule has 0 aliphatic carbocycles. The van der Waals surface area contributed by atoms with Crippen molar-refractivity contribution in [3.63, 3.8) is 0 Å². The van der Waals surface area contributed by atoms with Crippen LogP contribution in [0.4, 0.5) is 4.79 Å². The number of amides is 1. The lowest BCUT2D eigenvalue weighted by Gasteiger charge is -2.36. The molecule has 1 fully saturated rings. The Kier molecular flexibility index (Phi) is 10.3. The zero-order chi connectivity index (χ0) is 20.5. The second-order valence-electron chi connectivity index (χ2n) is 9.57. The summed E-state index contributed by atoms with van der Waals surface area (Å²) >= 11 is 0. The second kappa shape index (κ2) is 11.4. The van der Waals surface area contributed by atoms with E-state index in [-0.39, 0.29) is 11.1 Å². The van der Waals surface area contributed by atoms with Crippen LogP contribution in [0, 0.1) is 0 Å². The lowest BCUT2D eigenvalue weighted by atomic mass is 10.0. The van der Waals surface area contributed by atoms with E-state index in [1.807, 2.05) is 0 Å². The van der Waals surface area contributed by atoms with E-state index in [2.05, 4.69) is 45.7 Å². The molecule has 1 saturated heterocycles. The van der Waals surface area contributed by atoms with Crippen LogP contribution in [0.25, 0.3) is 0 Å². The van der Waals surface area contributed by atoms with Gasteiger partial charge in [-0.1, -0.05) is 40.5 Å². The Bertz CT molecular complexity index is 432. The quantitative estimate of drug-likeness (QED) is 0.351. The molecule has 0 aromatic rings. The molecule has 0 aromatic carbocycles. The minimum absolute atomic E-state index is 0.119. The fourth-order valence-electron chi connectivity index (χ4n) is 3.45. The van der Waals surface area contributed by atoms with Crippen molar-refractivity contribution in [3.8, 4) is 0 Å². The van der Waals surface area contributed by atoms with Crippen molar-refractivity contribution in [1.82, 2.24) is 9.80 Å². The van der Waals surface area contributed by atoms with Crippen molar-refractivity contribution in [2.75, 3.05) is 32.8 Å². The van der Waals surface area contributed by atoms with Crippen LogP contribution < -0.4 is 0 Å². The highest BCUT2D eigenvalue weighted by atomic mass is 28.4. The van der Waals surface area contributed by atoms with Crippen molar-refractivity contribution in [1.29, 1.82) is 0 Å². The van der Waals surface area contributed by atoms with Gasteiger partial charge in [0.1, 0.15) is 0 Å². The van der Waals surface area contributed by atoms with E-state index in [1.165, 1.54) is 12.8 Å². The van der Waals surface area contributed by atoms with Crippen molar-refractivity contribution < 1.29 is 14.3 Å². The molecule has 1 aliphatic rings.